The van der Waals surface area contributed by atoms with Crippen LogP contribution in [0.2, 0.25) is 5.32 Å². The Hall–Kier alpha value is -0.951. The van der Waals surface area contributed by atoms with E-state index in [4.69, 9.17) is 18.9 Å². The number of hydrogen-bond acceptors (Lipinski definition) is 6. The molecule has 2 heterocycles. The van der Waals surface area contributed by atoms with E-state index in [0.29, 0.717) is 19.3 Å². The molecule has 0 radical (unpaired) electrons. The standard InChI is InChI=1S/C24H36O6Se/c1-6-11-17(22(26)27-5)18-14-19(25)24(20(7-2)29-23(3,4)30-24)21(28-18)15-31-16-12-9-8-10-13-16/h8-10,12-13,17-21,25H,6-7,11,14-15H2,1-5H3/t17-,18+,19-,20+,21-,24-/m1/s1. The molecule has 1 aromatic rings. The molecule has 1 aromatic carbocycles. The summed E-state index contributed by atoms with van der Waals surface area (Å²) >= 11 is 0.125. The van der Waals surface area contributed by atoms with Crippen LogP contribution in [0, 0.1) is 5.92 Å². The van der Waals surface area contributed by atoms with Crippen molar-refractivity contribution in [2.75, 3.05) is 7.11 Å². The van der Waals surface area contributed by atoms with Crippen molar-refractivity contribution in [2.45, 2.75) is 94.5 Å². The van der Waals surface area contributed by atoms with Crippen LogP contribution >= 0.6 is 0 Å². The van der Waals surface area contributed by atoms with Gasteiger partial charge in [-0.05, 0) is 0 Å². The summed E-state index contributed by atoms with van der Waals surface area (Å²) in [4.78, 5) is 12.5. The number of aliphatic hydroxyl groups is 1. The molecule has 0 aromatic heterocycles. The molecule has 0 bridgehead atoms. The molecule has 2 fully saturated rings. The van der Waals surface area contributed by atoms with E-state index in [2.05, 4.69) is 12.1 Å². The van der Waals surface area contributed by atoms with Gasteiger partial charge in [0.15, 0.2) is 0 Å². The third kappa shape index (κ3) is 5.18. The molecule has 1 N–H and O–H groups in total. The monoisotopic (exact) mass is 500 g/mol. The first-order valence-electron chi connectivity index (χ1n) is 11.2. The zero-order valence-corrected chi connectivity index (χ0v) is 20.9. The maximum atomic E-state index is 12.5. The van der Waals surface area contributed by atoms with Crippen molar-refractivity contribution in [2.24, 2.45) is 5.92 Å². The Bertz CT molecular complexity index is 726. The Balaban J connectivity index is 1.92. The van der Waals surface area contributed by atoms with Crippen LogP contribution in [-0.2, 0) is 23.7 Å². The number of benzene rings is 1. The molecule has 1 spiro atoms. The third-order valence-corrected chi connectivity index (χ3v) is 8.49. The van der Waals surface area contributed by atoms with Crippen molar-refractivity contribution in [3.8, 4) is 0 Å². The van der Waals surface area contributed by atoms with Crippen LogP contribution in [-0.4, -0.2) is 68.9 Å². The Morgan fingerprint density at radius 3 is 2.58 bits per heavy atom. The Labute approximate surface area is 192 Å². The normalized spacial score (nSPS) is 33.4. The Kier molecular flexibility index (Phi) is 8.22. The van der Waals surface area contributed by atoms with Crippen molar-refractivity contribution in [1.29, 1.82) is 0 Å². The topological polar surface area (TPSA) is 74.2 Å². The van der Waals surface area contributed by atoms with Gasteiger partial charge in [-0.1, -0.05) is 0 Å². The van der Waals surface area contributed by atoms with Crippen LogP contribution in [0.1, 0.15) is 53.4 Å². The van der Waals surface area contributed by atoms with E-state index in [-0.39, 0.29) is 33.1 Å². The molecule has 2 aliphatic rings. The van der Waals surface area contributed by atoms with Crippen molar-refractivity contribution < 1.29 is 28.8 Å². The maximum absolute atomic E-state index is 12.5. The summed E-state index contributed by atoms with van der Waals surface area (Å²) in [6, 6.07) is 10.3. The molecule has 31 heavy (non-hydrogen) atoms. The van der Waals surface area contributed by atoms with Crippen LogP contribution in [0.25, 0.3) is 0 Å². The molecule has 0 amide bonds. The van der Waals surface area contributed by atoms with Gasteiger partial charge in [-0.2, -0.15) is 0 Å². The minimum absolute atomic E-state index is 0.125. The van der Waals surface area contributed by atoms with Gasteiger partial charge >= 0.3 is 192 Å². The van der Waals surface area contributed by atoms with Crippen molar-refractivity contribution in [3.05, 3.63) is 30.3 Å². The van der Waals surface area contributed by atoms with Crippen LogP contribution in [0.3, 0.4) is 0 Å². The summed E-state index contributed by atoms with van der Waals surface area (Å²) in [5.41, 5.74) is -0.946. The minimum atomic E-state index is -0.946. The molecular formula is C24H36O6Se. The number of esters is 1. The number of methoxy groups -OCH3 is 1. The molecule has 3 rings (SSSR count). The second-order valence-electron chi connectivity index (χ2n) is 8.83. The molecule has 0 unspecified atom stereocenters. The summed E-state index contributed by atoms with van der Waals surface area (Å²) in [6.45, 7) is 7.86. The van der Waals surface area contributed by atoms with Gasteiger partial charge in [0.1, 0.15) is 0 Å². The van der Waals surface area contributed by atoms with Crippen molar-refractivity contribution in [3.63, 3.8) is 0 Å². The first-order chi connectivity index (χ1) is 14.8. The quantitative estimate of drug-likeness (QED) is 0.438. The van der Waals surface area contributed by atoms with Gasteiger partial charge in [-0.25, -0.2) is 0 Å². The SMILES string of the molecule is CCC[C@@H](C(=O)OC)[C@@H]1C[C@@H](O)[C@]2(OC(C)(C)O[C@H]2CC)[C@@H](C[Se]c2ccccc2)O1. The van der Waals surface area contributed by atoms with E-state index in [1.54, 1.807) is 0 Å². The molecule has 6 nitrogen and oxygen atoms in total. The van der Waals surface area contributed by atoms with Gasteiger partial charge in [-0.3, -0.25) is 0 Å². The number of ether oxygens (including phenoxy) is 4. The second-order valence-corrected chi connectivity index (χ2v) is 11.1. The Morgan fingerprint density at radius 2 is 1.97 bits per heavy atom. The molecule has 2 aliphatic heterocycles. The molecule has 7 heteroatoms. The van der Waals surface area contributed by atoms with E-state index < -0.39 is 29.5 Å². The fourth-order valence-electron chi connectivity index (χ4n) is 4.94. The van der Waals surface area contributed by atoms with Crippen LogP contribution in [0.5, 0.6) is 0 Å². The molecular weight excluding hydrogens is 463 g/mol. The van der Waals surface area contributed by atoms with Gasteiger partial charge < -0.3 is 0 Å². The van der Waals surface area contributed by atoms with E-state index >= 15 is 0 Å². The fourth-order valence-corrected chi connectivity index (χ4v) is 7.10. The predicted octanol–water partition coefficient (Wildman–Crippen LogP) is 2.84. The molecule has 6 atom stereocenters. The number of carbonyl (C=O) groups excluding carboxylic acids is 1. The summed E-state index contributed by atoms with van der Waals surface area (Å²) < 4.78 is 25.6. The average Bonchev–Trinajstić information content (AvgIpc) is 3.04. The zero-order valence-electron chi connectivity index (χ0n) is 19.2. The van der Waals surface area contributed by atoms with Crippen LogP contribution in [0.15, 0.2) is 30.3 Å². The van der Waals surface area contributed by atoms with Crippen molar-refractivity contribution >= 4 is 25.4 Å². The van der Waals surface area contributed by atoms with Gasteiger partial charge in [0.05, 0.1) is 0 Å². The number of rotatable bonds is 8. The average molecular weight is 500 g/mol. The number of carbonyl (C=O) groups is 1. The fraction of sp³-hybridized carbons (Fsp3) is 0.708. The van der Waals surface area contributed by atoms with Crippen molar-refractivity contribution in [1.82, 2.24) is 0 Å². The summed E-state index contributed by atoms with van der Waals surface area (Å²) in [5.74, 6) is -1.48. The summed E-state index contributed by atoms with van der Waals surface area (Å²) in [5, 5.41) is 12.2. The van der Waals surface area contributed by atoms with Crippen LogP contribution < -0.4 is 4.46 Å². The Morgan fingerprint density at radius 1 is 1.26 bits per heavy atom. The number of aliphatic hydroxyl groups excluding tert-OH is 1. The van der Waals surface area contributed by atoms with E-state index in [9.17, 15) is 9.90 Å². The first kappa shape index (κ1) is 24.7. The second kappa shape index (κ2) is 10.3. The van der Waals surface area contributed by atoms with E-state index in [1.807, 2.05) is 45.9 Å². The van der Waals surface area contributed by atoms with E-state index in [0.717, 1.165) is 11.7 Å². The van der Waals surface area contributed by atoms with E-state index in [1.165, 1.54) is 11.6 Å². The number of hydrogen-bond donors (Lipinski definition) is 1. The summed E-state index contributed by atoms with van der Waals surface area (Å²) in [6.07, 6.45) is 0.670. The molecule has 2 saturated heterocycles. The third-order valence-electron chi connectivity index (χ3n) is 6.24. The predicted molar refractivity (Wildman–Crippen MR) is 119 cm³/mol. The van der Waals surface area contributed by atoms with Gasteiger partial charge in [0.2, 0.25) is 0 Å². The van der Waals surface area contributed by atoms with Gasteiger partial charge in [0.25, 0.3) is 0 Å². The molecule has 0 aliphatic carbocycles. The first-order valence-corrected chi connectivity index (χ1v) is 13.3. The van der Waals surface area contributed by atoms with Crippen LogP contribution in [0.4, 0.5) is 0 Å². The molecule has 0 saturated carbocycles. The van der Waals surface area contributed by atoms with Gasteiger partial charge in [0, 0.05) is 0 Å². The summed E-state index contributed by atoms with van der Waals surface area (Å²) in [7, 11) is 1.41. The molecule has 174 valence electrons. The zero-order chi connectivity index (χ0) is 22.6. The van der Waals surface area contributed by atoms with Gasteiger partial charge in [-0.15, -0.1) is 0 Å².